The van der Waals surface area contributed by atoms with E-state index in [1.54, 1.807) is 6.07 Å². The van der Waals surface area contributed by atoms with E-state index in [9.17, 15) is 18.3 Å². The molecule has 1 aliphatic heterocycles. The summed E-state index contributed by atoms with van der Waals surface area (Å²) in [5.41, 5.74) is 0.929. The summed E-state index contributed by atoms with van der Waals surface area (Å²) in [6, 6.07) is 4.31. The number of halogens is 1. The van der Waals surface area contributed by atoms with E-state index in [1.165, 1.54) is 30.7 Å². The number of fused-ring (bicyclic) bond motifs is 1. The minimum Gasteiger partial charge on any atom is -0.507 e. The Morgan fingerprint density at radius 2 is 2.03 bits per heavy atom. The van der Waals surface area contributed by atoms with Gasteiger partial charge in [0, 0.05) is 18.6 Å². The van der Waals surface area contributed by atoms with E-state index in [2.05, 4.69) is 20.6 Å². The van der Waals surface area contributed by atoms with Gasteiger partial charge in [-0.05, 0) is 50.0 Å². The highest BCUT2D eigenvalue weighted by Crippen LogP contribution is 2.35. The SMILES string of the molecule is O=C(Nc1c[nH]c2c(Cl)ccc(O)c12)c1cncc(S(=O)(=O)CC2CCNCC2)c1. The lowest BCUT2D eigenvalue weighted by molar-refractivity contribution is 0.102. The van der Waals surface area contributed by atoms with Gasteiger partial charge in [-0.1, -0.05) is 11.6 Å². The fourth-order valence-corrected chi connectivity index (χ4v) is 5.54. The minimum absolute atomic E-state index is 0.0264. The van der Waals surface area contributed by atoms with Crippen LogP contribution in [0.5, 0.6) is 5.75 Å². The number of rotatable bonds is 5. The Kier molecular flexibility index (Phi) is 5.68. The Balaban J connectivity index is 1.57. The van der Waals surface area contributed by atoms with Gasteiger partial charge in [0.1, 0.15) is 5.75 Å². The summed E-state index contributed by atoms with van der Waals surface area (Å²) >= 11 is 6.11. The first-order valence-electron chi connectivity index (χ1n) is 9.53. The molecule has 0 spiro atoms. The summed E-state index contributed by atoms with van der Waals surface area (Å²) in [6.07, 6.45) is 5.70. The molecule has 1 saturated heterocycles. The number of benzene rings is 1. The van der Waals surface area contributed by atoms with E-state index in [0.717, 1.165) is 25.9 Å². The Morgan fingerprint density at radius 3 is 2.80 bits per heavy atom. The highest BCUT2D eigenvalue weighted by atomic mass is 35.5. The van der Waals surface area contributed by atoms with E-state index >= 15 is 0 Å². The fraction of sp³-hybridized carbons (Fsp3) is 0.300. The number of phenolic OH excluding ortho intramolecular Hbond substituents is 1. The highest BCUT2D eigenvalue weighted by molar-refractivity contribution is 7.91. The number of H-pyrrole nitrogens is 1. The van der Waals surface area contributed by atoms with Crippen LogP contribution in [0.2, 0.25) is 5.02 Å². The summed E-state index contributed by atoms with van der Waals surface area (Å²) in [4.78, 5) is 19.6. The number of nitrogens with zero attached hydrogens (tertiary/aromatic N) is 1. The van der Waals surface area contributed by atoms with Crippen LogP contribution < -0.4 is 10.6 Å². The van der Waals surface area contributed by atoms with Gasteiger partial charge in [-0.15, -0.1) is 0 Å². The number of phenols is 1. The Hall–Kier alpha value is -2.62. The number of amides is 1. The summed E-state index contributed by atoms with van der Waals surface area (Å²) in [5.74, 6) is -0.451. The van der Waals surface area contributed by atoms with Crippen molar-refractivity contribution in [2.45, 2.75) is 17.7 Å². The number of nitrogens with one attached hydrogen (secondary N) is 3. The molecule has 0 atom stereocenters. The van der Waals surface area contributed by atoms with Crippen molar-refractivity contribution in [2.75, 3.05) is 24.2 Å². The number of sulfone groups is 1. The Bertz CT molecular complexity index is 1200. The number of aromatic nitrogens is 2. The molecule has 1 aromatic carbocycles. The van der Waals surface area contributed by atoms with Gasteiger partial charge >= 0.3 is 0 Å². The third kappa shape index (κ3) is 4.14. The van der Waals surface area contributed by atoms with Crippen molar-refractivity contribution in [3.05, 3.63) is 47.4 Å². The zero-order valence-corrected chi connectivity index (χ0v) is 17.6. The maximum atomic E-state index is 12.8. The van der Waals surface area contributed by atoms with Crippen LogP contribution in [0.3, 0.4) is 0 Å². The van der Waals surface area contributed by atoms with Gasteiger partial charge in [-0.3, -0.25) is 9.78 Å². The lowest BCUT2D eigenvalue weighted by Crippen LogP contribution is -2.31. The summed E-state index contributed by atoms with van der Waals surface area (Å²) in [6.45, 7) is 1.62. The quantitative estimate of drug-likeness (QED) is 0.475. The average molecular weight is 449 g/mol. The monoisotopic (exact) mass is 448 g/mol. The molecule has 8 nitrogen and oxygen atoms in total. The Labute approximate surface area is 178 Å². The molecule has 3 aromatic rings. The number of carbonyl (C=O) groups excluding carboxylic acids is 1. The molecule has 1 amide bonds. The lowest BCUT2D eigenvalue weighted by Gasteiger charge is -2.22. The van der Waals surface area contributed by atoms with Gasteiger partial charge < -0.3 is 20.7 Å². The first-order valence-corrected chi connectivity index (χ1v) is 11.6. The molecule has 4 rings (SSSR count). The molecule has 1 aliphatic rings. The molecule has 0 aliphatic carbocycles. The molecule has 158 valence electrons. The third-order valence-electron chi connectivity index (χ3n) is 5.26. The maximum Gasteiger partial charge on any atom is 0.257 e. The van der Waals surface area contributed by atoms with Gasteiger partial charge in [0.25, 0.3) is 5.91 Å². The molecule has 0 bridgehead atoms. The summed E-state index contributed by atoms with van der Waals surface area (Å²) in [7, 11) is -3.56. The number of aromatic amines is 1. The van der Waals surface area contributed by atoms with Crippen molar-refractivity contribution in [1.29, 1.82) is 0 Å². The second-order valence-electron chi connectivity index (χ2n) is 7.36. The molecule has 0 unspecified atom stereocenters. The van der Waals surface area contributed by atoms with Crippen molar-refractivity contribution in [3.8, 4) is 5.75 Å². The van der Waals surface area contributed by atoms with Crippen molar-refractivity contribution in [3.63, 3.8) is 0 Å². The predicted octanol–water partition coefficient (Wildman–Crippen LogP) is 2.95. The van der Waals surface area contributed by atoms with Crippen molar-refractivity contribution >= 4 is 43.9 Å². The largest absolute Gasteiger partial charge is 0.507 e. The molecule has 4 N–H and O–H groups in total. The van der Waals surface area contributed by atoms with Crippen LogP contribution in [0.25, 0.3) is 10.9 Å². The molecule has 30 heavy (non-hydrogen) atoms. The molecule has 10 heteroatoms. The predicted molar refractivity (Wildman–Crippen MR) is 115 cm³/mol. The first-order chi connectivity index (χ1) is 14.3. The van der Waals surface area contributed by atoms with Crippen LogP contribution in [0, 0.1) is 5.92 Å². The van der Waals surface area contributed by atoms with Crippen LogP contribution in [0.1, 0.15) is 23.2 Å². The molecular weight excluding hydrogens is 428 g/mol. The maximum absolute atomic E-state index is 12.8. The second kappa shape index (κ2) is 8.25. The number of hydrogen-bond donors (Lipinski definition) is 4. The van der Waals surface area contributed by atoms with Crippen LogP contribution in [0.4, 0.5) is 5.69 Å². The number of carbonyl (C=O) groups is 1. The fourth-order valence-electron chi connectivity index (χ4n) is 3.66. The molecular formula is C20H21ClN4O4S. The van der Waals surface area contributed by atoms with Gasteiger partial charge in [-0.2, -0.15) is 0 Å². The number of piperidine rings is 1. The van der Waals surface area contributed by atoms with Gasteiger partial charge in [-0.25, -0.2) is 8.42 Å². The van der Waals surface area contributed by atoms with E-state index in [4.69, 9.17) is 11.6 Å². The van der Waals surface area contributed by atoms with Crippen LogP contribution in [-0.4, -0.2) is 48.2 Å². The first kappa shape index (κ1) is 20.6. The zero-order chi connectivity index (χ0) is 21.3. The summed E-state index contributed by atoms with van der Waals surface area (Å²) < 4.78 is 25.6. The van der Waals surface area contributed by atoms with Crippen LogP contribution in [0.15, 0.2) is 41.7 Å². The average Bonchev–Trinajstić information content (AvgIpc) is 3.16. The minimum atomic E-state index is -3.56. The number of aromatic hydroxyl groups is 1. The number of hydrogen-bond acceptors (Lipinski definition) is 6. The lowest BCUT2D eigenvalue weighted by atomic mass is 10.0. The third-order valence-corrected chi connectivity index (χ3v) is 7.43. The van der Waals surface area contributed by atoms with Gasteiger partial charge in [0.2, 0.25) is 0 Å². The summed E-state index contributed by atoms with van der Waals surface area (Å²) in [5, 5.41) is 16.8. The molecule has 0 saturated carbocycles. The second-order valence-corrected chi connectivity index (χ2v) is 9.80. The number of pyridine rings is 1. The molecule has 2 aromatic heterocycles. The molecule has 0 radical (unpaired) electrons. The normalized spacial score (nSPS) is 15.4. The van der Waals surface area contributed by atoms with E-state index in [-0.39, 0.29) is 27.9 Å². The van der Waals surface area contributed by atoms with Crippen molar-refractivity contribution in [2.24, 2.45) is 5.92 Å². The smallest absolute Gasteiger partial charge is 0.257 e. The van der Waals surface area contributed by atoms with Gasteiger partial charge in [0.15, 0.2) is 9.84 Å². The molecule has 3 heterocycles. The van der Waals surface area contributed by atoms with Crippen molar-refractivity contribution in [1.82, 2.24) is 15.3 Å². The Morgan fingerprint density at radius 1 is 1.27 bits per heavy atom. The standard InChI is InChI=1S/C20H21ClN4O4S/c21-15-1-2-17(26)18-16(10-24-19(15)18)25-20(27)13-7-14(9-23-8-13)30(28,29)11-12-3-5-22-6-4-12/h1-2,7-10,12,22,24,26H,3-6,11H2,(H,25,27). The van der Waals surface area contributed by atoms with Gasteiger partial charge in [0.05, 0.1) is 37.8 Å². The number of anilines is 1. The molecule has 1 fully saturated rings. The van der Waals surface area contributed by atoms with Crippen LogP contribution >= 0.6 is 11.6 Å². The highest BCUT2D eigenvalue weighted by Gasteiger charge is 2.24. The van der Waals surface area contributed by atoms with E-state index < -0.39 is 15.7 Å². The van der Waals surface area contributed by atoms with Crippen LogP contribution in [-0.2, 0) is 9.84 Å². The van der Waals surface area contributed by atoms with E-state index in [0.29, 0.717) is 21.6 Å². The van der Waals surface area contributed by atoms with E-state index in [1.807, 2.05) is 0 Å². The van der Waals surface area contributed by atoms with Crippen molar-refractivity contribution < 1.29 is 18.3 Å². The topological polar surface area (TPSA) is 124 Å². The zero-order valence-electron chi connectivity index (χ0n) is 16.0.